The summed E-state index contributed by atoms with van der Waals surface area (Å²) in [4.78, 5) is 35.6. The Morgan fingerprint density at radius 1 is 1.35 bits per heavy atom. The van der Waals surface area contributed by atoms with Crippen molar-refractivity contribution < 1.29 is 14.5 Å². The number of amides is 2. The Labute approximate surface area is 133 Å². The lowest BCUT2D eigenvalue weighted by molar-refractivity contribution is -0.385. The van der Waals surface area contributed by atoms with E-state index in [4.69, 9.17) is 0 Å². The van der Waals surface area contributed by atoms with E-state index in [0.717, 1.165) is 19.1 Å². The zero-order valence-corrected chi connectivity index (χ0v) is 12.8. The van der Waals surface area contributed by atoms with E-state index in [1.54, 1.807) is 6.07 Å². The lowest BCUT2D eigenvalue weighted by atomic mass is 9.99. The van der Waals surface area contributed by atoms with Gasteiger partial charge in [0.25, 0.3) is 5.69 Å². The number of nitrogens with one attached hydrogen (secondary N) is 1. The molecule has 122 valence electrons. The highest BCUT2D eigenvalue weighted by molar-refractivity contribution is 6.35. The Bertz CT molecular complexity index is 636. The van der Waals surface area contributed by atoms with E-state index in [1.165, 1.54) is 23.1 Å². The number of hydrazone groups is 1. The molecule has 2 amide bonds. The third-order valence-electron chi connectivity index (χ3n) is 3.77. The van der Waals surface area contributed by atoms with E-state index in [9.17, 15) is 19.7 Å². The van der Waals surface area contributed by atoms with Crippen LogP contribution in [0.2, 0.25) is 0 Å². The van der Waals surface area contributed by atoms with E-state index < -0.39 is 16.7 Å². The van der Waals surface area contributed by atoms with Crippen molar-refractivity contribution in [1.29, 1.82) is 0 Å². The van der Waals surface area contributed by atoms with E-state index in [1.807, 2.05) is 0 Å². The zero-order chi connectivity index (χ0) is 16.8. The maximum atomic E-state index is 12.0. The van der Waals surface area contributed by atoms with Crippen LogP contribution in [-0.2, 0) is 9.59 Å². The van der Waals surface area contributed by atoms with Gasteiger partial charge in [0, 0.05) is 19.2 Å². The second kappa shape index (κ2) is 7.48. The zero-order valence-electron chi connectivity index (χ0n) is 12.8. The summed E-state index contributed by atoms with van der Waals surface area (Å²) < 4.78 is 0. The number of para-hydroxylation sites is 1. The minimum Gasteiger partial charge on any atom is -0.334 e. The standard InChI is InChI=1S/C15H18N4O4/c1-11-6-8-18(9-7-11)15(21)14(20)17-16-10-12-4-2-3-5-13(12)19(22)23/h2-5,10-11H,6-9H2,1H3,(H,17,20). The maximum Gasteiger partial charge on any atom is 0.329 e. The first kappa shape index (κ1) is 16.6. The van der Waals surface area contributed by atoms with Gasteiger partial charge in [-0.3, -0.25) is 19.7 Å². The van der Waals surface area contributed by atoms with Gasteiger partial charge >= 0.3 is 11.8 Å². The van der Waals surface area contributed by atoms with Crippen LogP contribution in [0.1, 0.15) is 25.3 Å². The van der Waals surface area contributed by atoms with E-state index in [0.29, 0.717) is 19.0 Å². The Morgan fingerprint density at radius 2 is 2.00 bits per heavy atom. The van der Waals surface area contributed by atoms with Gasteiger partial charge in [-0.1, -0.05) is 19.1 Å². The fourth-order valence-corrected chi connectivity index (χ4v) is 2.33. The fraction of sp³-hybridized carbons (Fsp3) is 0.400. The first-order valence-corrected chi connectivity index (χ1v) is 7.34. The molecular formula is C15H18N4O4. The average molecular weight is 318 g/mol. The molecule has 0 aliphatic carbocycles. The monoisotopic (exact) mass is 318 g/mol. The molecule has 1 fully saturated rings. The molecule has 1 saturated heterocycles. The van der Waals surface area contributed by atoms with Crippen molar-refractivity contribution in [3.05, 3.63) is 39.9 Å². The van der Waals surface area contributed by atoms with Crippen molar-refractivity contribution in [2.75, 3.05) is 13.1 Å². The summed E-state index contributed by atoms with van der Waals surface area (Å²) in [7, 11) is 0. The number of carbonyl (C=O) groups excluding carboxylic acids is 2. The van der Waals surface area contributed by atoms with Crippen LogP contribution in [0.15, 0.2) is 29.4 Å². The second-order valence-corrected chi connectivity index (χ2v) is 5.49. The van der Waals surface area contributed by atoms with Gasteiger partial charge in [-0.25, -0.2) is 5.43 Å². The number of hydrogen-bond donors (Lipinski definition) is 1. The number of rotatable bonds is 3. The van der Waals surface area contributed by atoms with Crippen LogP contribution in [-0.4, -0.2) is 40.9 Å². The smallest absolute Gasteiger partial charge is 0.329 e. The number of piperidine rings is 1. The lowest BCUT2D eigenvalue weighted by Gasteiger charge is -2.29. The molecule has 0 spiro atoms. The van der Waals surface area contributed by atoms with Crippen LogP contribution >= 0.6 is 0 Å². The van der Waals surface area contributed by atoms with Crippen molar-refractivity contribution >= 4 is 23.7 Å². The van der Waals surface area contributed by atoms with Gasteiger partial charge in [0.15, 0.2) is 0 Å². The quantitative estimate of drug-likeness (QED) is 0.392. The third kappa shape index (κ3) is 4.35. The number of hydrogen-bond acceptors (Lipinski definition) is 5. The average Bonchev–Trinajstić information content (AvgIpc) is 2.55. The van der Waals surface area contributed by atoms with Crippen molar-refractivity contribution in [1.82, 2.24) is 10.3 Å². The second-order valence-electron chi connectivity index (χ2n) is 5.49. The molecule has 0 bridgehead atoms. The van der Waals surface area contributed by atoms with Gasteiger partial charge in [0.2, 0.25) is 0 Å². The van der Waals surface area contributed by atoms with Crippen LogP contribution in [0.5, 0.6) is 0 Å². The van der Waals surface area contributed by atoms with Gasteiger partial charge in [-0.2, -0.15) is 5.10 Å². The van der Waals surface area contributed by atoms with Crippen LogP contribution < -0.4 is 5.43 Å². The van der Waals surface area contributed by atoms with Gasteiger partial charge in [0.05, 0.1) is 16.7 Å². The van der Waals surface area contributed by atoms with Gasteiger partial charge < -0.3 is 4.90 Å². The minimum atomic E-state index is -0.839. The molecular weight excluding hydrogens is 300 g/mol. The molecule has 0 radical (unpaired) electrons. The van der Waals surface area contributed by atoms with Crippen molar-refractivity contribution in [2.24, 2.45) is 11.0 Å². The number of nitrogens with zero attached hydrogens (tertiary/aromatic N) is 3. The SMILES string of the molecule is CC1CCN(C(=O)C(=O)NN=Cc2ccccc2[N+](=O)[O-])CC1. The molecule has 1 aliphatic rings. The van der Waals surface area contributed by atoms with Gasteiger partial charge in [-0.05, 0) is 24.8 Å². The predicted molar refractivity (Wildman–Crippen MR) is 83.8 cm³/mol. The molecule has 0 unspecified atom stereocenters. The van der Waals surface area contributed by atoms with E-state index in [2.05, 4.69) is 17.5 Å². The number of carbonyl (C=O) groups is 2. The summed E-state index contributed by atoms with van der Waals surface area (Å²) in [5, 5.41) is 14.5. The van der Waals surface area contributed by atoms with Crippen LogP contribution in [0, 0.1) is 16.0 Å². The Hall–Kier alpha value is -2.77. The van der Waals surface area contributed by atoms with Crippen LogP contribution in [0.4, 0.5) is 5.69 Å². The molecule has 23 heavy (non-hydrogen) atoms. The molecule has 8 heteroatoms. The Kier molecular flexibility index (Phi) is 5.40. The molecule has 2 rings (SSSR count). The number of nitro benzene ring substituents is 1. The van der Waals surface area contributed by atoms with Crippen molar-refractivity contribution in [3.8, 4) is 0 Å². The first-order chi connectivity index (χ1) is 11.0. The van der Waals surface area contributed by atoms with Crippen molar-refractivity contribution in [3.63, 3.8) is 0 Å². The highest BCUT2D eigenvalue weighted by Gasteiger charge is 2.25. The molecule has 0 atom stereocenters. The normalized spacial score (nSPS) is 15.6. The minimum absolute atomic E-state index is 0.123. The lowest BCUT2D eigenvalue weighted by Crippen LogP contribution is -2.45. The highest BCUT2D eigenvalue weighted by atomic mass is 16.6. The Morgan fingerprint density at radius 3 is 2.65 bits per heavy atom. The summed E-state index contributed by atoms with van der Waals surface area (Å²) in [5.41, 5.74) is 2.25. The topological polar surface area (TPSA) is 105 Å². The Balaban J connectivity index is 1.94. The van der Waals surface area contributed by atoms with Gasteiger partial charge in [-0.15, -0.1) is 0 Å². The highest BCUT2D eigenvalue weighted by Crippen LogP contribution is 2.16. The van der Waals surface area contributed by atoms with E-state index >= 15 is 0 Å². The van der Waals surface area contributed by atoms with E-state index in [-0.39, 0.29) is 11.3 Å². The summed E-state index contributed by atoms with van der Waals surface area (Å²) >= 11 is 0. The van der Waals surface area contributed by atoms with Crippen molar-refractivity contribution in [2.45, 2.75) is 19.8 Å². The molecule has 0 aromatic heterocycles. The van der Waals surface area contributed by atoms with Crippen LogP contribution in [0.25, 0.3) is 0 Å². The molecule has 8 nitrogen and oxygen atoms in total. The summed E-state index contributed by atoms with van der Waals surface area (Å²) in [6, 6.07) is 6.00. The molecule has 1 aliphatic heterocycles. The molecule has 1 heterocycles. The molecule has 1 N–H and O–H groups in total. The van der Waals surface area contributed by atoms with Gasteiger partial charge in [0.1, 0.15) is 0 Å². The largest absolute Gasteiger partial charge is 0.334 e. The summed E-state index contributed by atoms with van der Waals surface area (Å²) in [5.74, 6) is -0.912. The summed E-state index contributed by atoms with van der Waals surface area (Å²) in [6.45, 7) is 3.22. The number of benzene rings is 1. The third-order valence-corrected chi connectivity index (χ3v) is 3.77. The molecule has 1 aromatic carbocycles. The molecule has 0 saturated carbocycles. The number of nitro groups is 1. The summed E-state index contributed by atoms with van der Waals surface area (Å²) in [6.07, 6.45) is 2.90. The first-order valence-electron chi connectivity index (χ1n) is 7.34. The number of likely N-dealkylation sites (tertiary alicyclic amines) is 1. The van der Waals surface area contributed by atoms with Crippen LogP contribution in [0.3, 0.4) is 0 Å². The maximum absolute atomic E-state index is 12.0. The molecule has 1 aromatic rings. The predicted octanol–water partition coefficient (Wildman–Crippen LogP) is 1.30. The fourth-order valence-electron chi connectivity index (χ4n) is 2.33.